The molecule has 0 aliphatic carbocycles. The largest absolute Gasteiger partial charge is 0.349 e. The van der Waals surface area contributed by atoms with Gasteiger partial charge in [-0.2, -0.15) is 0 Å². The molecule has 0 unspecified atom stereocenters. The summed E-state index contributed by atoms with van der Waals surface area (Å²) in [5, 5.41) is 10.4. The van der Waals surface area contributed by atoms with Gasteiger partial charge in [-0.05, 0) is 24.6 Å². The Bertz CT molecular complexity index is 1030. The van der Waals surface area contributed by atoms with Crippen molar-refractivity contribution in [1.29, 1.82) is 0 Å². The molecule has 0 fully saturated rings. The van der Waals surface area contributed by atoms with Crippen molar-refractivity contribution < 1.29 is 13.2 Å². The molecule has 146 valence electrons. The van der Waals surface area contributed by atoms with Crippen LogP contribution in [0.5, 0.6) is 0 Å². The molecule has 0 bridgehead atoms. The van der Waals surface area contributed by atoms with Gasteiger partial charge in [0.25, 0.3) is 5.91 Å². The van der Waals surface area contributed by atoms with Crippen LogP contribution in [0.2, 0.25) is 0 Å². The number of carbonyl (C=O) groups excluding carboxylic acids is 1. The van der Waals surface area contributed by atoms with Gasteiger partial charge in [-0.25, -0.2) is 17.8 Å². The molecule has 28 heavy (non-hydrogen) atoms. The molecule has 3 rings (SSSR count). The molecular weight excluding hydrogens is 378 g/mol. The third-order valence-electron chi connectivity index (χ3n) is 3.99. The first-order chi connectivity index (χ1) is 13.4. The highest BCUT2D eigenvalue weighted by Crippen LogP contribution is 2.09. The van der Waals surface area contributed by atoms with Crippen molar-refractivity contribution in [2.24, 2.45) is 0 Å². The van der Waals surface area contributed by atoms with E-state index in [0.29, 0.717) is 6.54 Å². The van der Waals surface area contributed by atoms with Crippen molar-refractivity contribution in [3.63, 3.8) is 0 Å². The molecule has 0 atom stereocenters. The molecule has 1 amide bonds. The van der Waals surface area contributed by atoms with Gasteiger partial charge in [0, 0.05) is 13.1 Å². The van der Waals surface area contributed by atoms with E-state index in [1.807, 2.05) is 37.3 Å². The van der Waals surface area contributed by atoms with Crippen LogP contribution in [0.4, 0.5) is 0 Å². The number of sulfonamides is 1. The van der Waals surface area contributed by atoms with Crippen LogP contribution in [0.25, 0.3) is 0 Å². The van der Waals surface area contributed by atoms with Crippen molar-refractivity contribution in [3.8, 4) is 0 Å². The smallest absolute Gasteiger partial charge is 0.273 e. The summed E-state index contributed by atoms with van der Waals surface area (Å²) in [5.74, 6) is -0.408. The molecule has 0 aliphatic heterocycles. The van der Waals surface area contributed by atoms with Crippen molar-refractivity contribution >= 4 is 15.9 Å². The first kappa shape index (κ1) is 19.7. The van der Waals surface area contributed by atoms with Gasteiger partial charge in [0.2, 0.25) is 10.0 Å². The Labute approximate surface area is 163 Å². The van der Waals surface area contributed by atoms with E-state index in [9.17, 15) is 13.2 Å². The summed E-state index contributed by atoms with van der Waals surface area (Å²) in [5.41, 5.74) is 2.20. The van der Waals surface area contributed by atoms with Crippen LogP contribution in [0.1, 0.15) is 21.6 Å². The SMILES string of the molecule is Cc1ccc(S(=O)(=O)NCCNC(=O)c2cn(Cc3ccccc3)nn2)cc1. The summed E-state index contributed by atoms with van der Waals surface area (Å²) in [6.07, 6.45) is 1.55. The molecule has 0 saturated heterocycles. The molecule has 3 aromatic rings. The highest BCUT2D eigenvalue weighted by molar-refractivity contribution is 7.89. The number of carbonyl (C=O) groups is 1. The zero-order valence-electron chi connectivity index (χ0n) is 15.4. The molecule has 0 saturated carbocycles. The number of aryl methyl sites for hydroxylation is 1. The van der Waals surface area contributed by atoms with E-state index in [0.717, 1.165) is 11.1 Å². The molecule has 8 nitrogen and oxygen atoms in total. The number of hydrogen-bond acceptors (Lipinski definition) is 5. The van der Waals surface area contributed by atoms with E-state index in [1.165, 1.54) is 0 Å². The Morgan fingerprint density at radius 3 is 2.46 bits per heavy atom. The zero-order valence-corrected chi connectivity index (χ0v) is 16.2. The minimum atomic E-state index is -3.60. The van der Waals surface area contributed by atoms with Crippen molar-refractivity contribution in [3.05, 3.63) is 77.6 Å². The van der Waals surface area contributed by atoms with Crippen LogP contribution in [0.3, 0.4) is 0 Å². The Morgan fingerprint density at radius 1 is 1.04 bits per heavy atom. The molecular formula is C19H21N5O3S. The van der Waals surface area contributed by atoms with Crippen LogP contribution in [0.15, 0.2) is 65.7 Å². The number of amides is 1. The van der Waals surface area contributed by atoms with Crippen LogP contribution in [-0.4, -0.2) is 42.4 Å². The van der Waals surface area contributed by atoms with Crippen LogP contribution in [0, 0.1) is 6.92 Å². The Kier molecular flexibility index (Phi) is 6.17. The Balaban J connectivity index is 1.47. The highest BCUT2D eigenvalue weighted by Gasteiger charge is 2.14. The van der Waals surface area contributed by atoms with E-state index in [4.69, 9.17) is 0 Å². The van der Waals surface area contributed by atoms with Crippen molar-refractivity contribution in [2.45, 2.75) is 18.4 Å². The topological polar surface area (TPSA) is 106 Å². The van der Waals surface area contributed by atoms with Crippen LogP contribution < -0.4 is 10.0 Å². The average Bonchev–Trinajstić information content (AvgIpc) is 3.15. The van der Waals surface area contributed by atoms with Crippen LogP contribution >= 0.6 is 0 Å². The molecule has 1 aromatic heterocycles. The lowest BCUT2D eigenvalue weighted by Gasteiger charge is -2.07. The predicted molar refractivity (Wildman–Crippen MR) is 104 cm³/mol. The minimum absolute atomic E-state index is 0.0695. The van der Waals surface area contributed by atoms with E-state index >= 15 is 0 Å². The predicted octanol–water partition coefficient (Wildman–Crippen LogP) is 1.34. The maximum Gasteiger partial charge on any atom is 0.273 e. The summed E-state index contributed by atoms with van der Waals surface area (Å²) < 4.78 is 28.4. The fraction of sp³-hybridized carbons (Fsp3) is 0.211. The second kappa shape index (κ2) is 8.77. The fourth-order valence-corrected chi connectivity index (χ4v) is 3.53. The van der Waals surface area contributed by atoms with Gasteiger partial charge < -0.3 is 5.32 Å². The minimum Gasteiger partial charge on any atom is -0.349 e. The van der Waals surface area contributed by atoms with E-state index in [-0.39, 0.29) is 23.7 Å². The quantitative estimate of drug-likeness (QED) is 0.556. The molecule has 9 heteroatoms. The number of hydrogen-bond donors (Lipinski definition) is 2. The lowest BCUT2D eigenvalue weighted by atomic mass is 10.2. The summed E-state index contributed by atoms with van der Waals surface area (Å²) in [6, 6.07) is 16.3. The molecule has 0 spiro atoms. The standard InChI is InChI=1S/C19H21N5O3S/c1-15-7-9-17(10-8-15)28(26,27)21-12-11-20-19(25)18-14-24(23-22-18)13-16-5-3-2-4-6-16/h2-10,14,21H,11-13H2,1H3,(H,20,25). The molecule has 2 aromatic carbocycles. The third-order valence-corrected chi connectivity index (χ3v) is 5.47. The van der Waals surface area contributed by atoms with Gasteiger partial charge in [0.15, 0.2) is 5.69 Å². The van der Waals surface area contributed by atoms with Crippen LogP contribution in [-0.2, 0) is 16.6 Å². The lowest BCUT2D eigenvalue weighted by molar-refractivity contribution is 0.0949. The number of aromatic nitrogens is 3. The molecule has 1 heterocycles. The summed E-state index contributed by atoms with van der Waals surface area (Å²) in [6.45, 7) is 2.60. The highest BCUT2D eigenvalue weighted by atomic mass is 32.2. The van der Waals surface area contributed by atoms with E-state index in [2.05, 4.69) is 20.4 Å². The normalized spacial score (nSPS) is 11.3. The van der Waals surface area contributed by atoms with E-state index in [1.54, 1.807) is 35.1 Å². The second-order valence-electron chi connectivity index (χ2n) is 6.25. The summed E-state index contributed by atoms with van der Waals surface area (Å²) >= 11 is 0. The maximum absolute atomic E-state index is 12.2. The summed E-state index contributed by atoms with van der Waals surface area (Å²) in [7, 11) is -3.60. The van der Waals surface area contributed by atoms with E-state index < -0.39 is 15.9 Å². The number of rotatable bonds is 8. The Hall–Kier alpha value is -3.04. The number of nitrogens with zero attached hydrogens (tertiary/aromatic N) is 3. The van der Waals surface area contributed by atoms with Gasteiger partial charge >= 0.3 is 0 Å². The lowest BCUT2D eigenvalue weighted by Crippen LogP contribution is -2.34. The molecule has 0 radical (unpaired) electrons. The summed E-state index contributed by atoms with van der Waals surface area (Å²) in [4.78, 5) is 12.3. The van der Waals surface area contributed by atoms with Crippen molar-refractivity contribution in [1.82, 2.24) is 25.0 Å². The van der Waals surface area contributed by atoms with Gasteiger partial charge in [-0.3, -0.25) is 4.79 Å². The van der Waals surface area contributed by atoms with Crippen molar-refractivity contribution in [2.75, 3.05) is 13.1 Å². The maximum atomic E-state index is 12.2. The van der Waals surface area contributed by atoms with Gasteiger partial charge in [0.1, 0.15) is 0 Å². The molecule has 2 N–H and O–H groups in total. The zero-order chi connectivity index (χ0) is 20.0. The Morgan fingerprint density at radius 2 is 1.75 bits per heavy atom. The first-order valence-corrected chi connectivity index (χ1v) is 10.2. The first-order valence-electron chi connectivity index (χ1n) is 8.73. The molecule has 0 aliphatic rings. The van der Waals surface area contributed by atoms with Gasteiger partial charge in [-0.1, -0.05) is 53.2 Å². The van der Waals surface area contributed by atoms with Gasteiger partial charge in [0.05, 0.1) is 17.6 Å². The number of nitrogens with one attached hydrogen (secondary N) is 2. The number of benzene rings is 2. The third kappa shape index (κ3) is 5.24. The second-order valence-corrected chi connectivity index (χ2v) is 8.02. The fourth-order valence-electron chi connectivity index (χ4n) is 2.50. The van der Waals surface area contributed by atoms with Gasteiger partial charge in [-0.15, -0.1) is 5.10 Å². The average molecular weight is 399 g/mol. The monoisotopic (exact) mass is 399 g/mol.